The number of sulfonamides is 1. The van der Waals surface area contributed by atoms with Gasteiger partial charge in [-0.3, -0.25) is 4.79 Å². The summed E-state index contributed by atoms with van der Waals surface area (Å²) < 4.78 is 84.7. The maximum Gasteiger partial charge on any atom is 0.407 e. The Balaban J connectivity index is 1.59. The lowest BCUT2D eigenvalue weighted by molar-refractivity contribution is 0.0526. The minimum Gasteiger partial charge on any atom is -0.497 e. The maximum atomic E-state index is 16.1. The molecule has 0 spiro atoms. The van der Waals surface area contributed by atoms with Crippen LogP contribution in [-0.2, 0) is 44.2 Å². The van der Waals surface area contributed by atoms with Gasteiger partial charge in [-0.1, -0.05) is 74.2 Å². The molecule has 71 heavy (non-hydrogen) atoms. The molecule has 6 rings (SSSR count). The number of hydrogen-bond acceptors (Lipinski definition) is 14. The highest BCUT2D eigenvalue weighted by molar-refractivity contribution is 7.93. The first-order valence-corrected chi connectivity index (χ1v) is 29.5. The van der Waals surface area contributed by atoms with Crippen molar-refractivity contribution in [2.24, 2.45) is 0 Å². The minimum absolute atomic E-state index is 0.0127. The van der Waals surface area contributed by atoms with E-state index in [0.717, 1.165) is 5.56 Å². The largest absolute Gasteiger partial charge is 0.497 e. The molecular formula is C50H62N8O10S2Si. The van der Waals surface area contributed by atoms with Crippen LogP contribution in [0.3, 0.4) is 0 Å². The first kappa shape index (κ1) is 53.5. The molecule has 6 aromatic rings. The standard InChI is InChI=1S/C50H62N8O10S2Si/c1-50(2,3)68-49(60)53-28-27-52-48(59)42-12-10-11-41(45(42)51)40-25-26-43(69(61,62)29-30-71(7,8)9)46(44(40)47-54-56-58(55-47)33-36-17-23-39(67-6)24-18-36)70(63,64)57(31-34-13-19-37(65-4)20-14-34)32-35-15-21-38(66-5)22-16-35/h10-26H,27-33,51H2,1-9H3,(H,52,59)(H,53,60). The predicted molar refractivity (Wildman–Crippen MR) is 274 cm³/mol. The van der Waals surface area contributed by atoms with Crippen LogP contribution in [0.25, 0.3) is 22.5 Å². The van der Waals surface area contributed by atoms with Gasteiger partial charge in [0.05, 0.1) is 55.3 Å². The Hall–Kier alpha value is -6.81. The number of tetrazole rings is 1. The smallest absolute Gasteiger partial charge is 0.407 e. The van der Waals surface area contributed by atoms with Gasteiger partial charge in [-0.15, -0.1) is 10.2 Å². The molecule has 1 aromatic heterocycles. The zero-order chi connectivity index (χ0) is 51.7. The highest BCUT2D eigenvalue weighted by Gasteiger charge is 2.38. The fourth-order valence-electron chi connectivity index (χ4n) is 7.34. The summed E-state index contributed by atoms with van der Waals surface area (Å²) in [5.41, 5.74) is 8.17. The number of carbonyl (C=O) groups excluding carboxylic acids is 2. The zero-order valence-electron chi connectivity index (χ0n) is 41.5. The Morgan fingerprint density at radius 2 is 1.25 bits per heavy atom. The van der Waals surface area contributed by atoms with E-state index in [1.165, 1.54) is 41.5 Å². The number of carbonyl (C=O) groups is 2. The van der Waals surface area contributed by atoms with E-state index >= 15 is 8.42 Å². The average Bonchev–Trinajstić information content (AvgIpc) is 3.79. The molecule has 0 aliphatic rings. The van der Waals surface area contributed by atoms with Gasteiger partial charge in [-0.25, -0.2) is 21.6 Å². The molecule has 0 fully saturated rings. The van der Waals surface area contributed by atoms with Crippen LogP contribution in [0.4, 0.5) is 10.5 Å². The lowest BCUT2D eigenvalue weighted by Crippen LogP contribution is -2.38. The second-order valence-electron chi connectivity index (χ2n) is 18.9. The number of aromatic nitrogens is 4. The Bertz CT molecular complexity index is 3000. The van der Waals surface area contributed by atoms with Crippen LogP contribution in [0.5, 0.6) is 17.2 Å². The van der Waals surface area contributed by atoms with E-state index in [-0.39, 0.29) is 72.2 Å². The highest BCUT2D eigenvalue weighted by atomic mass is 32.2. The Labute approximate surface area is 416 Å². The zero-order valence-corrected chi connectivity index (χ0v) is 44.1. The molecule has 18 nitrogen and oxygen atoms in total. The summed E-state index contributed by atoms with van der Waals surface area (Å²) in [5, 5.41) is 18.8. The topological polar surface area (TPSA) is 236 Å². The van der Waals surface area contributed by atoms with E-state index in [1.807, 2.05) is 31.8 Å². The van der Waals surface area contributed by atoms with Gasteiger partial charge in [0.2, 0.25) is 15.8 Å². The van der Waals surface area contributed by atoms with Crippen LogP contribution in [0.15, 0.2) is 113 Å². The molecule has 0 saturated carbocycles. The number of nitrogens with one attached hydrogen (secondary N) is 2. The third-order valence-corrected chi connectivity index (χ3v) is 17.0. The molecule has 0 aliphatic carbocycles. The quantitative estimate of drug-likeness (QED) is 0.0362. The molecule has 0 radical (unpaired) electrons. The van der Waals surface area contributed by atoms with Crippen LogP contribution in [0.2, 0.25) is 25.7 Å². The summed E-state index contributed by atoms with van der Waals surface area (Å²) in [5.74, 6) is 0.596. The number of alkyl carbamates (subject to hydrolysis) is 1. The predicted octanol–water partition coefficient (Wildman–Crippen LogP) is 7.42. The van der Waals surface area contributed by atoms with Crippen LogP contribution >= 0.6 is 0 Å². The molecule has 0 saturated heterocycles. The SMILES string of the molecule is COc1ccc(CN(Cc2ccc(OC)cc2)S(=O)(=O)c2c(S(=O)(=O)CC[Si](C)(C)C)ccc(-c3cccc(C(=O)NCCNC(=O)OC(C)(C)C)c3N)c2-c2nnn(Cc3ccc(OC)cc3)n2)cc1. The van der Waals surface area contributed by atoms with Crippen molar-refractivity contribution in [2.45, 2.75) is 81.5 Å². The molecule has 5 aromatic carbocycles. The van der Waals surface area contributed by atoms with Gasteiger partial charge in [0.15, 0.2) is 9.84 Å². The number of benzene rings is 5. The van der Waals surface area contributed by atoms with E-state index in [9.17, 15) is 18.0 Å². The summed E-state index contributed by atoms with van der Waals surface area (Å²) in [7, 11) is -6.72. The van der Waals surface area contributed by atoms with Crippen LogP contribution < -0.4 is 30.6 Å². The first-order valence-electron chi connectivity index (χ1n) is 22.7. The normalized spacial score (nSPS) is 12.1. The van der Waals surface area contributed by atoms with Crippen LogP contribution in [0, 0.1) is 0 Å². The number of nitrogens with two attached hydrogens (primary N) is 1. The number of anilines is 1. The number of hydrogen-bond donors (Lipinski definition) is 3. The summed E-state index contributed by atoms with van der Waals surface area (Å²) in [4.78, 5) is 26.3. The number of para-hydroxylation sites is 1. The molecule has 0 unspecified atom stereocenters. The van der Waals surface area contributed by atoms with Gasteiger partial charge >= 0.3 is 6.09 Å². The Morgan fingerprint density at radius 3 is 1.77 bits per heavy atom. The van der Waals surface area contributed by atoms with Gasteiger partial charge in [-0.05, 0) is 103 Å². The lowest BCUT2D eigenvalue weighted by Gasteiger charge is -2.27. The van der Waals surface area contributed by atoms with Crippen molar-refractivity contribution in [2.75, 3.05) is 45.9 Å². The van der Waals surface area contributed by atoms with Gasteiger partial charge in [0.1, 0.15) is 27.7 Å². The number of sulfone groups is 1. The van der Waals surface area contributed by atoms with Gasteiger partial charge in [-0.2, -0.15) is 9.10 Å². The van der Waals surface area contributed by atoms with Crippen molar-refractivity contribution < 1.29 is 45.4 Å². The van der Waals surface area contributed by atoms with Gasteiger partial charge in [0.25, 0.3) is 5.91 Å². The molecule has 0 aliphatic heterocycles. The summed E-state index contributed by atoms with van der Waals surface area (Å²) in [6, 6.07) is 28.7. The van der Waals surface area contributed by atoms with Crippen LogP contribution in [0.1, 0.15) is 47.8 Å². The van der Waals surface area contributed by atoms with E-state index in [2.05, 4.69) is 20.9 Å². The molecule has 1 heterocycles. The van der Waals surface area contributed by atoms with E-state index in [4.69, 9.17) is 29.8 Å². The Morgan fingerprint density at radius 1 is 0.718 bits per heavy atom. The van der Waals surface area contributed by atoms with Crippen molar-refractivity contribution in [3.8, 4) is 39.8 Å². The first-order chi connectivity index (χ1) is 33.5. The molecule has 378 valence electrons. The van der Waals surface area contributed by atoms with E-state index < -0.39 is 55.3 Å². The minimum atomic E-state index is -4.93. The van der Waals surface area contributed by atoms with Gasteiger partial charge < -0.3 is 35.3 Å². The fourth-order valence-corrected chi connectivity index (χ4v) is 14.1. The molecule has 0 bridgehead atoms. The molecule has 0 atom stereocenters. The van der Waals surface area contributed by atoms with Crippen molar-refractivity contribution in [1.29, 1.82) is 0 Å². The number of amides is 2. The van der Waals surface area contributed by atoms with E-state index in [0.29, 0.717) is 34.4 Å². The number of methoxy groups -OCH3 is 3. The highest BCUT2D eigenvalue weighted by Crippen LogP contribution is 2.44. The number of nitrogen functional groups attached to an aromatic ring is 1. The molecule has 2 amide bonds. The van der Waals surface area contributed by atoms with E-state index in [1.54, 1.807) is 101 Å². The molecule has 4 N–H and O–H groups in total. The second kappa shape index (κ2) is 22.5. The lowest BCUT2D eigenvalue weighted by atomic mass is 9.95. The summed E-state index contributed by atoms with van der Waals surface area (Å²) in [6.45, 7) is 11.1. The second-order valence-corrected chi connectivity index (χ2v) is 28.4. The molecule has 21 heteroatoms. The number of nitrogens with zero attached hydrogens (tertiary/aromatic N) is 5. The maximum absolute atomic E-state index is 16.1. The monoisotopic (exact) mass is 1030 g/mol. The fraction of sp³-hybridized carbons (Fsp3) is 0.340. The van der Waals surface area contributed by atoms with Gasteiger partial charge in [0, 0.05) is 39.8 Å². The van der Waals surface area contributed by atoms with Crippen LogP contribution in [-0.4, -0.2) is 107 Å². The Kier molecular flexibility index (Phi) is 17.0. The van der Waals surface area contributed by atoms with Crippen molar-refractivity contribution >= 4 is 45.6 Å². The van der Waals surface area contributed by atoms with Crippen molar-refractivity contribution in [3.63, 3.8) is 0 Å². The number of rotatable bonds is 21. The van der Waals surface area contributed by atoms with Crippen molar-refractivity contribution in [1.82, 2.24) is 35.1 Å². The summed E-state index contributed by atoms with van der Waals surface area (Å²) in [6.07, 6.45) is -0.654. The third-order valence-electron chi connectivity index (χ3n) is 11.1. The summed E-state index contributed by atoms with van der Waals surface area (Å²) >= 11 is 0. The number of ether oxygens (including phenoxy) is 4. The molecular weight excluding hydrogens is 965 g/mol. The average molecular weight is 1030 g/mol. The third kappa shape index (κ3) is 14.0. The van der Waals surface area contributed by atoms with Crippen molar-refractivity contribution in [3.05, 3.63) is 125 Å².